The number of benzene rings is 1. The number of carbonyl (C=O) groups is 1. The quantitative estimate of drug-likeness (QED) is 0.709. The fraction of sp³-hybridized carbons (Fsp3) is 0.0588. The molecule has 2 aromatic heterocycles. The zero-order valence-corrected chi connectivity index (χ0v) is 14.4. The lowest BCUT2D eigenvalue weighted by Crippen LogP contribution is -2.23. The average molecular weight is 374 g/mol. The molecule has 0 unspecified atom stereocenters. The van der Waals surface area contributed by atoms with Crippen molar-refractivity contribution >= 4 is 40.7 Å². The molecule has 0 saturated carbocycles. The zero-order valence-electron chi connectivity index (χ0n) is 12.9. The smallest absolute Gasteiger partial charge is 0.254 e. The molecule has 0 aliphatic heterocycles. The van der Waals surface area contributed by atoms with Crippen LogP contribution in [0.15, 0.2) is 55.1 Å². The lowest BCUT2D eigenvalue weighted by atomic mass is 10.2. The third kappa shape index (κ3) is 4.65. The van der Waals surface area contributed by atoms with Gasteiger partial charge in [0.1, 0.15) is 0 Å². The highest BCUT2D eigenvalue weighted by molar-refractivity contribution is 6.42. The van der Waals surface area contributed by atoms with Crippen molar-refractivity contribution in [1.82, 2.24) is 20.3 Å². The average Bonchev–Trinajstić information content (AvgIpc) is 2.64. The van der Waals surface area contributed by atoms with Crippen LogP contribution in [0.1, 0.15) is 15.9 Å². The van der Waals surface area contributed by atoms with E-state index in [1.165, 1.54) is 12.4 Å². The van der Waals surface area contributed by atoms with Crippen LogP contribution >= 0.6 is 23.2 Å². The van der Waals surface area contributed by atoms with Crippen molar-refractivity contribution in [2.24, 2.45) is 0 Å². The Hall–Kier alpha value is -2.70. The van der Waals surface area contributed by atoms with Crippen molar-refractivity contribution in [3.05, 3.63) is 76.3 Å². The Morgan fingerprint density at radius 1 is 1.00 bits per heavy atom. The Kier molecular flexibility index (Phi) is 5.42. The molecule has 0 atom stereocenters. The molecule has 2 N–H and O–H groups in total. The predicted molar refractivity (Wildman–Crippen MR) is 97.2 cm³/mol. The Bertz CT molecular complexity index is 872. The van der Waals surface area contributed by atoms with Crippen LogP contribution in [0.5, 0.6) is 0 Å². The van der Waals surface area contributed by atoms with Gasteiger partial charge >= 0.3 is 0 Å². The van der Waals surface area contributed by atoms with Gasteiger partial charge in [0.2, 0.25) is 5.95 Å². The summed E-state index contributed by atoms with van der Waals surface area (Å²) in [7, 11) is 0. The highest BCUT2D eigenvalue weighted by Gasteiger charge is 2.08. The Morgan fingerprint density at radius 3 is 2.40 bits per heavy atom. The first-order chi connectivity index (χ1) is 12.1. The number of nitrogens with one attached hydrogen (secondary N) is 2. The topological polar surface area (TPSA) is 79.8 Å². The van der Waals surface area contributed by atoms with Gasteiger partial charge in [0, 0.05) is 37.0 Å². The number of amides is 1. The molecule has 0 radical (unpaired) electrons. The van der Waals surface area contributed by atoms with E-state index in [-0.39, 0.29) is 5.91 Å². The molecule has 0 bridgehead atoms. The van der Waals surface area contributed by atoms with E-state index in [1.807, 2.05) is 12.1 Å². The van der Waals surface area contributed by atoms with E-state index in [0.29, 0.717) is 33.8 Å². The van der Waals surface area contributed by atoms with E-state index >= 15 is 0 Å². The van der Waals surface area contributed by atoms with E-state index in [2.05, 4.69) is 25.6 Å². The van der Waals surface area contributed by atoms with Crippen molar-refractivity contribution < 1.29 is 4.79 Å². The highest BCUT2D eigenvalue weighted by atomic mass is 35.5. The van der Waals surface area contributed by atoms with E-state index in [0.717, 1.165) is 5.56 Å². The molecule has 0 fully saturated rings. The van der Waals surface area contributed by atoms with Crippen LogP contribution in [-0.2, 0) is 6.54 Å². The minimum atomic E-state index is -0.252. The van der Waals surface area contributed by atoms with Gasteiger partial charge in [-0.25, -0.2) is 9.97 Å². The van der Waals surface area contributed by atoms with Gasteiger partial charge in [-0.1, -0.05) is 23.2 Å². The molecule has 0 saturated heterocycles. The summed E-state index contributed by atoms with van der Waals surface area (Å²) in [4.78, 5) is 24.3. The van der Waals surface area contributed by atoms with Crippen LogP contribution in [0.3, 0.4) is 0 Å². The van der Waals surface area contributed by atoms with Crippen molar-refractivity contribution in [3.8, 4) is 0 Å². The maximum Gasteiger partial charge on any atom is 0.254 e. The number of halogens is 2. The molecule has 25 heavy (non-hydrogen) atoms. The van der Waals surface area contributed by atoms with Gasteiger partial charge in [-0.2, -0.15) is 0 Å². The summed E-state index contributed by atoms with van der Waals surface area (Å²) in [5.74, 6) is 0.0990. The first-order valence-electron chi connectivity index (χ1n) is 7.33. The summed E-state index contributed by atoms with van der Waals surface area (Å²) in [6, 6.07) is 8.77. The van der Waals surface area contributed by atoms with Crippen LogP contribution in [0.25, 0.3) is 0 Å². The van der Waals surface area contributed by atoms with E-state index in [9.17, 15) is 4.79 Å². The molecule has 1 amide bonds. The minimum absolute atomic E-state index is 0.252. The van der Waals surface area contributed by atoms with E-state index in [1.54, 1.807) is 30.6 Å². The van der Waals surface area contributed by atoms with Gasteiger partial charge in [0.15, 0.2) is 0 Å². The van der Waals surface area contributed by atoms with Gasteiger partial charge in [0.25, 0.3) is 5.91 Å². The molecule has 0 spiro atoms. The first kappa shape index (κ1) is 17.1. The monoisotopic (exact) mass is 373 g/mol. The molecule has 2 heterocycles. The summed E-state index contributed by atoms with van der Waals surface area (Å²) in [5, 5.41) is 6.69. The third-order valence-electron chi connectivity index (χ3n) is 3.29. The van der Waals surface area contributed by atoms with Gasteiger partial charge in [-0.15, -0.1) is 0 Å². The fourth-order valence-electron chi connectivity index (χ4n) is 2.00. The maximum absolute atomic E-state index is 12.1. The van der Waals surface area contributed by atoms with Gasteiger partial charge < -0.3 is 10.6 Å². The molecule has 126 valence electrons. The first-order valence-corrected chi connectivity index (χ1v) is 8.08. The lowest BCUT2D eigenvalue weighted by Gasteiger charge is -2.07. The summed E-state index contributed by atoms with van der Waals surface area (Å²) >= 11 is 11.8. The largest absolute Gasteiger partial charge is 0.348 e. The molecule has 1 aromatic carbocycles. The minimum Gasteiger partial charge on any atom is -0.348 e. The Morgan fingerprint density at radius 2 is 1.72 bits per heavy atom. The second kappa shape index (κ2) is 7.92. The number of carbonyl (C=O) groups excluding carboxylic acids is 1. The van der Waals surface area contributed by atoms with E-state index in [4.69, 9.17) is 23.2 Å². The summed E-state index contributed by atoms with van der Waals surface area (Å²) in [6.07, 6.45) is 6.26. The molecule has 8 heteroatoms. The SMILES string of the molecule is O=C(NCc1ccncc1)c1cnc(Nc2ccc(Cl)c(Cl)c2)nc1. The van der Waals surface area contributed by atoms with Crippen molar-refractivity contribution in [2.45, 2.75) is 6.54 Å². The summed E-state index contributed by atoms with van der Waals surface area (Å²) in [6.45, 7) is 0.407. The summed E-state index contributed by atoms with van der Waals surface area (Å²) in [5.41, 5.74) is 2.03. The number of pyridine rings is 1. The standard InChI is InChI=1S/C17H13Cl2N5O/c18-14-2-1-13(7-15(14)19)24-17-22-9-12(10-23-17)16(25)21-8-11-3-5-20-6-4-11/h1-7,9-10H,8H2,(H,21,25)(H,22,23,24). The molecule has 0 aliphatic rings. The number of aromatic nitrogens is 3. The Balaban J connectivity index is 1.61. The molecule has 3 rings (SSSR count). The molecule has 0 aliphatic carbocycles. The lowest BCUT2D eigenvalue weighted by molar-refractivity contribution is 0.0950. The highest BCUT2D eigenvalue weighted by Crippen LogP contribution is 2.26. The van der Waals surface area contributed by atoms with Crippen LogP contribution < -0.4 is 10.6 Å². The van der Waals surface area contributed by atoms with Crippen LogP contribution in [-0.4, -0.2) is 20.9 Å². The molecule has 6 nitrogen and oxygen atoms in total. The second-order valence-electron chi connectivity index (χ2n) is 5.09. The van der Waals surface area contributed by atoms with Gasteiger partial charge in [-0.3, -0.25) is 9.78 Å². The normalized spacial score (nSPS) is 10.3. The maximum atomic E-state index is 12.1. The molecular weight excluding hydrogens is 361 g/mol. The van der Waals surface area contributed by atoms with Crippen LogP contribution in [0.2, 0.25) is 10.0 Å². The van der Waals surface area contributed by atoms with Crippen molar-refractivity contribution in [2.75, 3.05) is 5.32 Å². The second-order valence-corrected chi connectivity index (χ2v) is 5.90. The Labute approximate surface area is 154 Å². The number of nitrogens with zero attached hydrogens (tertiary/aromatic N) is 3. The van der Waals surface area contributed by atoms with Gasteiger partial charge in [0.05, 0.1) is 15.6 Å². The number of anilines is 2. The predicted octanol–water partition coefficient (Wildman–Crippen LogP) is 3.85. The van der Waals surface area contributed by atoms with Crippen molar-refractivity contribution in [3.63, 3.8) is 0 Å². The molecule has 3 aromatic rings. The molecular formula is C17H13Cl2N5O. The summed E-state index contributed by atoms with van der Waals surface area (Å²) < 4.78 is 0. The van der Waals surface area contributed by atoms with Crippen LogP contribution in [0.4, 0.5) is 11.6 Å². The van der Waals surface area contributed by atoms with E-state index < -0.39 is 0 Å². The van der Waals surface area contributed by atoms with Gasteiger partial charge in [-0.05, 0) is 35.9 Å². The number of rotatable bonds is 5. The number of hydrogen-bond donors (Lipinski definition) is 2. The van der Waals surface area contributed by atoms with Crippen molar-refractivity contribution in [1.29, 1.82) is 0 Å². The zero-order chi connectivity index (χ0) is 17.6. The third-order valence-corrected chi connectivity index (χ3v) is 4.03. The fourth-order valence-corrected chi connectivity index (χ4v) is 2.30. The van der Waals surface area contributed by atoms with Crippen LogP contribution in [0, 0.1) is 0 Å². The number of hydrogen-bond acceptors (Lipinski definition) is 5.